The number of carbonyl (C=O) groups excluding carboxylic acids is 1. The quantitative estimate of drug-likeness (QED) is 0.595. The monoisotopic (exact) mass is 169 g/mol. The first-order chi connectivity index (χ1) is 5.79. The highest BCUT2D eigenvalue weighted by Gasteiger charge is 2.31. The normalized spacial score (nSPS) is 22.9. The van der Waals surface area contributed by atoms with Crippen molar-refractivity contribution in [3.05, 3.63) is 12.3 Å². The molecule has 0 aromatic carbocycles. The Labute approximate surface area is 67.8 Å². The Morgan fingerprint density at radius 1 is 1.83 bits per heavy atom. The number of nitrogens with one attached hydrogen (secondary N) is 1. The average molecular weight is 169 g/mol. The smallest absolute Gasteiger partial charge is 0.325 e. The molecule has 0 aliphatic carbocycles. The van der Waals surface area contributed by atoms with Gasteiger partial charge in [-0.15, -0.1) is 0 Å². The number of aliphatic hydroxyl groups is 1. The van der Waals surface area contributed by atoms with Crippen LogP contribution in [0.15, 0.2) is 16.9 Å². The fourth-order valence-electron chi connectivity index (χ4n) is 1.08. The fraction of sp³-hybridized carbons (Fsp3) is 0.333. The Bertz CT molecular complexity index is 284. The molecule has 1 saturated heterocycles. The standard InChI is InChI=1S/C6H7N3O3/c10-5-3-7-6(11)9(5)4-1-2-12-8-4/h1-2,5,10H,3H2,(H,7,11). The molecule has 1 aliphatic heterocycles. The van der Waals surface area contributed by atoms with Crippen LogP contribution in [-0.4, -0.2) is 29.1 Å². The molecule has 12 heavy (non-hydrogen) atoms. The summed E-state index contributed by atoms with van der Waals surface area (Å²) in [5, 5.41) is 15.3. The molecule has 1 aromatic rings. The largest absolute Gasteiger partial charge is 0.371 e. The van der Waals surface area contributed by atoms with Crippen LogP contribution in [0.2, 0.25) is 0 Å². The van der Waals surface area contributed by atoms with Crippen molar-refractivity contribution >= 4 is 11.8 Å². The van der Waals surface area contributed by atoms with Gasteiger partial charge in [0.05, 0.1) is 6.54 Å². The summed E-state index contributed by atoms with van der Waals surface area (Å²) in [6, 6.07) is 1.14. The van der Waals surface area contributed by atoms with Crippen LogP contribution in [0.4, 0.5) is 10.6 Å². The van der Waals surface area contributed by atoms with Gasteiger partial charge in [0.25, 0.3) is 0 Å². The molecule has 2 heterocycles. The Balaban J connectivity index is 2.28. The zero-order chi connectivity index (χ0) is 8.55. The lowest BCUT2D eigenvalue weighted by molar-refractivity contribution is 0.194. The van der Waals surface area contributed by atoms with Crippen LogP contribution in [0.1, 0.15) is 0 Å². The third kappa shape index (κ3) is 0.928. The highest BCUT2D eigenvalue weighted by molar-refractivity contribution is 5.93. The lowest BCUT2D eigenvalue weighted by atomic mass is 10.5. The van der Waals surface area contributed by atoms with Gasteiger partial charge in [0.15, 0.2) is 12.0 Å². The molecule has 1 aliphatic rings. The zero-order valence-corrected chi connectivity index (χ0v) is 6.10. The van der Waals surface area contributed by atoms with Crippen LogP contribution in [0.5, 0.6) is 0 Å². The first-order valence-electron chi connectivity index (χ1n) is 3.44. The minimum Gasteiger partial charge on any atom is -0.371 e. The van der Waals surface area contributed by atoms with Crippen molar-refractivity contribution < 1.29 is 14.4 Å². The van der Waals surface area contributed by atoms with E-state index >= 15 is 0 Å². The number of aromatic nitrogens is 1. The van der Waals surface area contributed by atoms with Gasteiger partial charge in [-0.25, -0.2) is 9.69 Å². The van der Waals surface area contributed by atoms with E-state index in [-0.39, 0.29) is 12.6 Å². The summed E-state index contributed by atoms with van der Waals surface area (Å²) in [6.07, 6.45) is 0.482. The molecule has 0 spiro atoms. The molecule has 6 nitrogen and oxygen atoms in total. The summed E-state index contributed by atoms with van der Waals surface area (Å²) in [7, 11) is 0. The minimum absolute atomic E-state index is 0.214. The summed E-state index contributed by atoms with van der Waals surface area (Å²) >= 11 is 0. The number of hydrogen-bond acceptors (Lipinski definition) is 4. The van der Waals surface area contributed by atoms with E-state index in [9.17, 15) is 9.90 Å². The van der Waals surface area contributed by atoms with E-state index in [0.29, 0.717) is 5.82 Å². The van der Waals surface area contributed by atoms with Crippen molar-refractivity contribution in [3.8, 4) is 0 Å². The average Bonchev–Trinajstić information content (AvgIpc) is 2.61. The van der Waals surface area contributed by atoms with Crippen LogP contribution < -0.4 is 10.2 Å². The van der Waals surface area contributed by atoms with Gasteiger partial charge in [-0.05, 0) is 0 Å². The van der Waals surface area contributed by atoms with E-state index in [1.165, 1.54) is 12.3 Å². The Morgan fingerprint density at radius 3 is 3.17 bits per heavy atom. The number of hydrogen-bond donors (Lipinski definition) is 2. The number of rotatable bonds is 1. The Kier molecular flexibility index (Phi) is 1.47. The van der Waals surface area contributed by atoms with E-state index in [4.69, 9.17) is 0 Å². The summed E-state index contributed by atoms with van der Waals surface area (Å²) < 4.78 is 4.54. The maximum absolute atomic E-state index is 11.1. The predicted molar refractivity (Wildman–Crippen MR) is 38.4 cm³/mol. The van der Waals surface area contributed by atoms with Gasteiger partial charge in [-0.3, -0.25) is 0 Å². The summed E-state index contributed by atoms with van der Waals surface area (Å²) in [6.45, 7) is 0.214. The van der Waals surface area contributed by atoms with E-state index in [1.807, 2.05) is 0 Å². The number of amides is 2. The van der Waals surface area contributed by atoms with Gasteiger partial charge in [-0.1, -0.05) is 5.16 Å². The third-order valence-electron chi connectivity index (χ3n) is 1.62. The fourth-order valence-corrected chi connectivity index (χ4v) is 1.08. The Hall–Kier alpha value is -1.56. The molecule has 2 amide bonds. The maximum atomic E-state index is 11.1. The van der Waals surface area contributed by atoms with Crippen LogP contribution >= 0.6 is 0 Å². The number of anilines is 1. The van der Waals surface area contributed by atoms with E-state index in [1.54, 1.807) is 0 Å². The number of aliphatic hydroxyl groups excluding tert-OH is 1. The Morgan fingerprint density at radius 2 is 2.67 bits per heavy atom. The number of carbonyl (C=O) groups is 1. The molecule has 1 unspecified atom stereocenters. The SMILES string of the molecule is O=C1NCC(O)N1c1ccon1. The lowest BCUT2D eigenvalue weighted by Crippen LogP contribution is -2.34. The zero-order valence-electron chi connectivity index (χ0n) is 6.10. The first-order valence-corrected chi connectivity index (χ1v) is 3.44. The molecule has 2 N–H and O–H groups in total. The maximum Gasteiger partial charge on any atom is 0.325 e. The summed E-state index contributed by atoms with van der Waals surface area (Å²) in [5.74, 6) is 0.317. The minimum atomic E-state index is -0.859. The number of β-amino-alcohol motifs (C(OH)–C–C–N with tert-alkyl or cyclic N) is 1. The second-order valence-electron chi connectivity index (χ2n) is 2.39. The predicted octanol–water partition coefficient (Wildman–Crippen LogP) is -0.477. The van der Waals surface area contributed by atoms with Gasteiger partial charge < -0.3 is 14.9 Å². The van der Waals surface area contributed by atoms with Crippen molar-refractivity contribution in [2.24, 2.45) is 0 Å². The molecule has 2 rings (SSSR count). The molecular weight excluding hydrogens is 162 g/mol. The second kappa shape index (κ2) is 2.49. The van der Waals surface area contributed by atoms with Gasteiger partial charge in [0.1, 0.15) is 6.26 Å². The van der Waals surface area contributed by atoms with E-state index < -0.39 is 6.23 Å². The summed E-state index contributed by atoms with van der Waals surface area (Å²) in [4.78, 5) is 12.2. The van der Waals surface area contributed by atoms with E-state index in [0.717, 1.165) is 4.90 Å². The van der Waals surface area contributed by atoms with Crippen LogP contribution in [-0.2, 0) is 0 Å². The van der Waals surface area contributed by atoms with Crippen molar-refractivity contribution in [3.63, 3.8) is 0 Å². The molecule has 0 saturated carbocycles. The topological polar surface area (TPSA) is 78.6 Å². The molecule has 0 bridgehead atoms. The van der Waals surface area contributed by atoms with Crippen LogP contribution in [0.3, 0.4) is 0 Å². The van der Waals surface area contributed by atoms with Crippen LogP contribution in [0, 0.1) is 0 Å². The summed E-state index contributed by atoms with van der Waals surface area (Å²) in [5.41, 5.74) is 0. The van der Waals surface area contributed by atoms with Gasteiger partial charge in [-0.2, -0.15) is 0 Å². The van der Waals surface area contributed by atoms with Crippen molar-refractivity contribution in [2.45, 2.75) is 6.23 Å². The molecular formula is C6H7N3O3. The lowest BCUT2D eigenvalue weighted by Gasteiger charge is -2.13. The van der Waals surface area contributed by atoms with Gasteiger partial charge in [0.2, 0.25) is 0 Å². The second-order valence-corrected chi connectivity index (χ2v) is 2.39. The van der Waals surface area contributed by atoms with Gasteiger partial charge in [0, 0.05) is 6.07 Å². The van der Waals surface area contributed by atoms with Crippen molar-refractivity contribution in [2.75, 3.05) is 11.4 Å². The third-order valence-corrected chi connectivity index (χ3v) is 1.62. The molecule has 64 valence electrons. The molecule has 1 aromatic heterocycles. The van der Waals surface area contributed by atoms with Crippen molar-refractivity contribution in [1.82, 2.24) is 10.5 Å². The highest BCUT2D eigenvalue weighted by Crippen LogP contribution is 2.15. The number of urea groups is 1. The molecule has 1 atom stereocenters. The van der Waals surface area contributed by atoms with E-state index in [2.05, 4.69) is 15.0 Å². The first kappa shape index (κ1) is 7.11. The number of nitrogens with zero attached hydrogens (tertiary/aromatic N) is 2. The van der Waals surface area contributed by atoms with Crippen LogP contribution in [0.25, 0.3) is 0 Å². The van der Waals surface area contributed by atoms with Crippen molar-refractivity contribution in [1.29, 1.82) is 0 Å². The molecule has 0 radical (unpaired) electrons. The highest BCUT2D eigenvalue weighted by atomic mass is 16.5. The molecule has 1 fully saturated rings. The molecule has 6 heteroatoms. The van der Waals surface area contributed by atoms with Gasteiger partial charge >= 0.3 is 6.03 Å².